The fourth-order valence-corrected chi connectivity index (χ4v) is 1.47. The second kappa shape index (κ2) is 3.46. The third kappa shape index (κ3) is 1.55. The number of anilines is 1. The van der Waals surface area contributed by atoms with Crippen LogP contribution in [0, 0.1) is 18.3 Å². The lowest BCUT2D eigenvalue weighted by Crippen LogP contribution is -2.01. The Kier molecular flexibility index (Phi) is 2.14. The summed E-state index contributed by atoms with van der Waals surface area (Å²) in [6, 6.07) is 7.72. The second-order valence-corrected chi connectivity index (χ2v) is 3.29. The van der Waals surface area contributed by atoms with Gasteiger partial charge in [-0.25, -0.2) is 4.98 Å². The average Bonchev–Trinajstić information content (AvgIpc) is 2.65. The fourth-order valence-electron chi connectivity index (χ4n) is 1.47. The first kappa shape index (κ1) is 9.28. The largest absolute Gasteiger partial charge is 0.397 e. The summed E-state index contributed by atoms with van der Waals surface area (Å²) in [5.41, 5.74) is 8.40. The standard InChI is InChI=1S/C11H10N4/c1-8-2-3-10(9(13)6-8)15-5-4-14-11(15)7-12/h2-6H,13H2,1H3. The Morgan fingerprint density at radius 2 is 2.27 bits per heavy atom. The van der Waals surface area contributed by atoms with Crippen LogP contribution in [0.4, 0.5) is 5.69 Å². The molecule has 74 valence electrons. The third-order valence-corrected chi connectivity index (χ3v) is 2.18. The Morgan fingerprint density at radius 1 is 1.47 bits per heavy atom. The van der Waals surface area contributed by atoms with Crippen molar-refractivity contribution in [2.75, 3.05) is 5.73 Å². The van der Waals surface area contributed by atoms with Crippen molar-refractivity contribution in [1.29, 1.82) is 5.26 Å². The van der Waals surface area contributed by atoms with E-state index in [2.05, 4.69) is 4.98 Å². The molecular weight excluding hydrogens is 188 g/mol. The highest BCUT2D eigenvalue weighted by atomic mass is 15.1. The quantitative estimate of drug-likeness (QED) is 0.708. The molecule has 15 heavy (non-hydrogen) atoms. The summed E-state index contributed by atoms with van der Waals surface area (Å²) in [7, 11) is 0. The molecule has 0 aliphatic heterocycles. The van der Waals surface area contributed by atoms with Gasteiger partial charge in [-0.3, -0.25) is 4.57 Å². The normalized spacial score (nSPS) is 9.87. The molecule has 0 unspecified atom stereocenters. The number of imidazole rings is 1. The molecule has 4 nitrogen and oxygen atoms in total. The van der Waals surface area contributed by atoms with Gasteiger partial charge in [-0.2, -0.15) is 5.26 Å². The molecule has 0 saturated heterocycles. The van der Waals surface area contributed by atoms with E-state index in [1.165, 1.54) is 0 Å². The number of benzene rings is 1. The summed E-state index contributed by atoms with van der Waals surface area (Å²) in [4.78, 5) is 3.92. The Hall–Kier alpha value is -2.28. The van der Waals surface area contributed by atoms with Crippen LogP contribution in [0.25, 0.3) is 5.69 Å². The Labute approximate surface area is 87.6 Å². The van der Waals surface area contributed by atoms with Gasteiger partial charge in [0.2, 0.25) is 5.82 Å². The minimum Gasteiger partial charge on any atom is -0.397 e. The van der Waals surface area contributed by atoms with Crippen LogP contribution in [0.5, 0.6) is 0 Å². The molecule has 2 N–H and O–H groups in total. The number of nitrogens with zero attached hydrogens (tertiary/aromatic N) is 3. The summed E-state index contributed by atoms with van der Waals surface area (Å²) >= 11 is 0. The molecule has 0 aliphatic rings. The molecule has 0 bridgehead atoms. The lowest BCUT2D eigenvalue weighted by Gasteiger charge is -2.07. The van der Waals surface area contributed by atoms with E-state index >= 15 is 0 Å². The van der Waals surface area contributed by atoms with Crippen LogP contribution in [0.3, 0.4) is 0 Å². The van der Waals surface area contributed by atoms with Gasteiger partial charge in [-0.05, 0) is 24.6 Å². The molecule has 4 heteroatoms. The number of aryl methyl sites for hydroxylation is 1. The highest BCUT2D eigenvalue weighted by molar-refractivity contribution is 5.60. The zero-order chi connectivity index (χ0) is 10.8. The van der Waals surface area contributed by atoms with Crippen LogP contribution in [0.2, 0.25) is 0 Å². The topological polar surface area (TPSA) is 67.6 Å². The molecular formula is C11H10N4. The smallest absolute Gasteiger partial charge is 0.217 e. The summed E-state index contributed by atoms with van der Waals surface area (Å²) < 4.78 is 1.68. The highest BCUT2D eigenvalue weighted by Gasteiger charge is 2.06. The van der Waals surface area contributed by atoms with Crippen LogP contribution in [0.15, 0.2) is 30.6 Å². The molecule has 2 aromatic rings. The van der Waals surface area contributed by atoms with Gasteiger partial charge in [0.05, 0.1) is 11.4 Å². The van der Waals surface area contributed by atoms with Gasteiger partial charge < -0.3 is 5.73 Å². The maximum absolute atomic E-state index is 8.84. The van der Waals surface area contributed by atoms with E-state index in [1.54, 1.807) is 17.0 Å². The highest BCUT2D eigenvalue weighted by Crippen LogP contribution is 2.19. The molecule has 0 saturated carbocycles. The van der Waals surface area contributed by atoms with Gasteiger partial charge in [0, 0.05) is 12.4 Å². The molecule has 1 aromatic carbocycles. The van der Waals surface area contributed by atoms with E-state index in [1.807, 2.05) is 31.2 Å². The Morgan fingerprint density at radius 3 is 2.93 bits per heavy atom. The summed E-state index contributed by atoms with van der Waals surface area (Å²) in [5, 5.41) is 8.84. The van der Waals surface area contributed by atoms with E-state index in [0.717, 1.165) is 11.3 Å². The van der Waals surface area contributed by atoms with E-state index < -0.39 is 0 Å². The fraction of sp³-hybridized carbons (Fsp3) is 0.0909. The van der Waals surface area contributed by atoms with Crippen molar-refractivity contribution in [3.05, 3.63) is 42.0 Å². The second-order valence-electron chi connectivity index (χ2n) is 3.29. The van der Waals surface area contributed by atoms with Gasteiger partial charge in [0.15, 0.2) is 0 Å². The number of nitrogen functional groups attached to an aromatic ring is 1. The van der Waals surface area contributed by atoms with E-state index in [4.69, 9.17) is 11.0 Å². The molecule has 1 aromatic heterocycles. The van der Waals surface area contributed by atoms with Crippen molar-refractivity contribution in [2.24, 2.45) is 0 Å². The van der Waals surface area contributed by atoms with Crippen LogP contribution < -0.4 is 5.73 Å². The predicted molar refractivity (Wildman–Crippen MR) is 57.4 cm³/mol. The van der Waals surface area contributed by atoms with Crippen molar-refractivity contribution in [2.45, 2.75) is 6.92 Å². The van der Waals surface area contributed by atoms with E-state index in [0.29, 0.717) is 11.5 Å². The first-order valence-electron chi connectivity index (χ1n) is 4.52. The zero-order valence-electron chi connectivity index (χ0n) is 8.31. The lowest BCUT2D eigenvalue weighted by molar-refractivity contribution is 1.02. The van der Waals surface area contributed by atoms with Crippen molar-refractivity contribution >= 4 is 5.69 Å². The van der Waals surface area contributed by atoms with Crippen LogP contribution in [-0.4, -0.2) is 9.55 Å². The zero-order valence-corrected chi connectivity index (χ0v) is 8.31. The van der Waals surface area contributed by atoms with Crippen LogP contribution in [-0.2, 0) is 0 Å². The van der Waals surface area contributed by atoms with Crippen molar-refractivity contribution < 1.29 is 0 Å². The summed E-state index contributed by atoms with van der Waals surface area (Å²) in [5.74, 6) is 0.338. The van der Waals surface area contributed by atoms with Gasteiger partial charge in [0.25, 0.3) is 0 Å². The molecule has 0 aliphatic carbocycles. The maximum atomic E-state index is 8.84. The minimum atomic E-state index is 0.338. The summed E-state index contributed by atoms with van der Waals surface area (Å²) in [6.07, 6.45) is 3.30. The Bertz CT molecular complexity index is 534. The van der Waals surface area contributed by atoms with Crippen molar-refractivity contribution in [1.82, 2.24) is 9.55 Å². The van der Waals surface area contributed by atoms with Crippen LogP contribution >= 0.6 is 0 Å². The number of rotatable bonds is 1. The van der Waals surface area contributed by atoms with Crippen LogP contribution in [0.1, 0.15) is 11.4 Å². The minimum absolute atomic E-state index is 0.338. The monoisotopic (exact) mass is 198 g/mol. The number of nitriles is 1. The first-order valence-corrected chi connectivity index (χ1v) is 4.52. The summed E-state index contributed by atoms with van der Waals surface area (Å²) in [6.45, 7) is 1.97. The van der Waals surface area contributed by atoms with Crippen molar-refractivity contribution in [3.63, 3.8) is 0 Å². The molecule has 0 spiro atoms. The van der Waals surface area contributed by atoms with Crippen molar-refractivity contribution in [3.8, 4) is 11.8 Å². The number of hydrogen-bond donors (Lipinski definition) is 1. The molecule has 0 atom stereocenters. The SMILES string of the molecule is Cc1ccc(-n2ccnc2C#N)c(N)c1. The van der Waals surface area contributed by atoms with E-state index in [-0.39, 0.29) is 0 Å². The first-order chi connectivity index (χ1) is 7.22. The van der Waals surface area contributed by atoms with Gasteiger partial charge in [-0.1, -0.05) is 6.07 Å². The van der Waals surface area contributed by atoms with Gasteiger partial charge in [-0.15, -0.1) is 0 Å². The maximum Gasteiger partial charge on any atom is 0.217 e. The number of nitrogens with two attached hydrogens (primary N) is 1. The Balaban J connectivity index is 2.60. The molecule has 0 fully saturated rings. The molecule has 0 radical (unpaired) electrons. The molecule has 0 amide bonds. The lowest BCUT2D eigenvalue weighted by atomic mass is 10.2. The third-order valence-electron chi connectivity index (χ3n) is 2.18. The van der Waals surface area contributed by atoms with Gasteiger partial charge in [0.1, 0.15) is 6.07 Å². The van der Waals surface area contributed by atoms with E-state index in [9.17, 15) is 0 Å². The van der Waals surface area contributed by atoms with Gasteiger partial charge >= 0.3 is 0 Å². The molecule has 2 rings (SSSR count). The number of hydrogen-bond acceptors (Lipinski definition) is 3. The molecule has 1 heterocycles. The number of aromatic nitrogens is 2. The predicted octanol–water partition coefficient (Wildman–Crippen LogP) is 1.63. The average molecular weight is 198 g/mol.